The van der Waals surface area contributed by atoms with Gasteiger partial charge >= 0.3 is 0 Å². The first kappa shape index (κ1) is 7.61. The van der Waals surface area contributed by atoms with Crippen LogP contribution in [0.5, 0.6) is 0 Å². The van der Waals surface area contributed by atoms with Gasteiger partial charge in [-0.1, -0.05) is 0 Å². The number of nitrogens with one attached hydrogen (secondary N) is 2. The fourth-order valence-electron chi connectivity index (χ4n) is 1.68. The molecule has 4 heteroatoms. The van der Waals surface area contributed by atoms with E-state index in [0.717, 1.165) is 18.7 Å². The highest BCUT2D eigenvalue weighted by Crippen LogP contribution is 2.11. The van der Waals surface area contributed by atoms with Crippen molar-refractivity contribution in [2.24, 2.45) is 0 Å². The van der Waals surface area contributed by atoms with E-state index >= 15 is 0 Å². The number of anilines is 1. The molecule has 1 atom stereocenters. The molecule has 0 bridgehead atoms. The SMILES string of the molecule is Nc1cc(CC2CCCN2)[nH]n1. The largest absolute Gasteiger partial charge is 0.382 e. The molecule has 1 aromatic heterocycles. The van der Waals surface area contributed by atoms with E-state index in [-0.39, 0.29) is 0 Å². The Labute approximate surface area is 71.5 Å². The van der Waals surface area contributed by atoms with Crippen molar-refractivity contribution >= 4 is 5.82 Å². The van der Waals surface area contributed by atoms with E-state index in [1.165, 1.54) is 12.8 Å². The van der Waals surface area contributed by atoms with E-state index in [9.17, 15) is 0 Å². The van der Waals surface area contributed by atoms with Crippen molar-refractivity contribution in [3.05, 3.63) is 11.8 Å². The molecule has 1 saturated heterocycles. The standard InChI is InChI=1S/C8H14N4/c9-8-5-7(11-12-8)4-6-2-1-3-10-6/h5-6,10H,1-4H2,(H3,9,11,12). The zero-order valence-electron chi connectivity index (χ0n) is 7.01. The van der Waals surface area contributed by atoms with Gasteiger partial charge in [-0.2, -0.15) is 5.10 Å². The predicted octanol–water partition coefficient (Wildman–Crippen LogP) is 0.286. The minimum Gasteiger partial charge on any atom is -0.382 e. The van der Waals surface area contributed by atoms with Gasteiger partial charge in [0.1, 0.15) is 5.82 Å². The van der Waals surface area contributed by atoms with Crippen LogP contribution in [0.1, 0.15) is 18.5 Å². The first-order valence-corrected chi connectivity index (χ1v) is 4.38. The number of nitrogens with zero attached hydrogens (tertiary/aromatic N) is 1. The summed E-state index contributed by atoms with van der Waals surface area (Å²) in [6.07, 6.45) is 3.57. The van der Waals surface area contributed by atoms with Crippen molar-refractivity contribution in [2.45, 2.75) is 25.3 Å². The van der Waals surface area contributed by atoms with Crippen molar-refractivity contribution < 1.29 is 0 Å². The summed E-state index contributed by atoms with van der Waals surface area (Å²) in [6, 6.07) is 2.52. The fraction of sp³-hybridized carbons (Fsp3) is 0.625. The number of nitrogens with two attached hydrogens (primary N) is 1. The van der Waals surface area contributed by atoms with Gasteiger partial charge in [0.25, 0.3) is 0 Å². The number of hydrogen-bond donors (Lipinski definition) is 3. The zero-order chi connectivity index (χ0) is 8.39. The second-order valence-corrected chi connectivity index (χ2v) is 3.32. The predicted molar refractivity (Wildman–Crippen MR) is 47.7 cm³/mol. The molecule has 2 rings (SSSR count). The summed E-state index contributed by atoms with van der Waals surface area (Å²) >= 11 is 0. The lowest BCUT2D eigenvalue weighted by atomic mass is 10.1. The third-order valence-electron chi connectivity index (χ3n) is 2.28. The van der Waals surface area contributed by atoms with Crippen LogP contribution in [0.25, 0.3) is 0 Å². The second kappa shape index (κ2) is 3.15. The van der Waals surface area contributed by atoms with Gasteiger partial charge in [-0.3, -0.25) is 5.10 Å². The van der Waals surface area contributed by atoms with Crippen LogP contribution in [0.3, 0.4) is 0 Å². The number of aromatic nitrogens is 2. The summed E-state index contributed by atoms with van der Waals surface area (Å²) < 4.78 is 0. The maximum atomic E-state index is 5.49. The zero-order valence-corrected chi connectivity index (χ0v) is 7.01. The van der Waals surface area contributed by atoms with Gasteiger partial charge in [-0.15, -0.1) is 0 Å². The molecule has 1 fully saturated rings. The molecule has 0 aromatic carbocycles. The summed E-state index contributed by atoms with van der Waals surface area (Å²) in [4.78, 5) is 0. The Kier molecular flexibility index (Phi) is 1.99. The minimum atomic E-state index is 0.586. The quantitative estimate of drug-likeness (QED) is 0.591. The van der Waals surface area contributed by atoms with E-state index in [1.54, 1.807) is 0 Å². The van der Waals surface area contributed by atoms with E-state index < -0.39 is 0 Å². The van der Waals surface area contributed by atoms with Gasteiger partial charge in [0.15, 0.2) is 0 Å². The van der Waals surface area contributed by atoms with Crippen LogP contribution in [-0.4, -0.2) is 22.8 Å². The molecule has 0 amide bonds. The Hall–Kier alpha value is -1.03. The first-order chi connectivity index (χ1) is 5.84. The maximum Gasteiger partial charge on any atom is 0.145 e. The molecule has 0 spiro atoms. The summed E-state index contributed by atoms with van der Waals surface area (Å²) in [5.41, 5.74) is 6.62. The van der Waals surface area contributed by atoms with Crippen molar-refractivity contribution in [3.63, 3.8) is 0 Å². The van der Waals surface area contributed by atoms with Gasteiger partial charge < -0.3 is 11.1 Å². The molecular formula is C8H14N4. The maximum absolute atomic E-state index is 5.49. The summed E-state index contributed by atoms with van der Waals surface area (Å²) in [5, 5.41) is 10.2. The highest BCUT2D eigenvalue weighted by molar-refractivity contribution is 5.28. The lowest BCUT2D eigenvalue weighted by Crippen LogP contribution is -2.23. The van der Waals surface area contributed by atoms with E-state index in [1.807, 2.05) is 6.07 Å². The third-order valence-corrected chi connectivity index (χ3v) is 2.28. The van der Waals surface area contributed by atoms with Crippen LogP contribution in [0.4, 0.5) is 5.82 Å². The molecule has 1 aliphatic heterocycles. The molecule has 1 aromatic rings. The van der Waals surface area contributed by atoms with E-state index in [4.69, 9.17) is 5.73 Å². The number of rotatable bonds is 2. The van der Waals surface area contributed by atoms with Gasteiger partial charge in [0.2, 0.25) is 0 Å². The van der Waals surface area contributed by atoms with Crippen LogP contribution < -0.4 is 11.1 Å². The topological polar surface area (TPSA) is 66.7 Å². The van der Waals surface area contributed by atoms with Crippen LogP contribution >= 0.6 is 0 Å². The number of hydrogen-bond acceptors (Lipinski definition) is 3. The van der Waals surface area contributed by atoms with E-state index in [2.05, 4.69) is 15.5 Å². The number of H-pyrrole nitrogens is 1. The van der Waals surface area contributed by atoms with Crippen LogP contribution in [0, 0.1) is 0 Å². The first-order valence-electron chi connectivity index (χ1n) is 4.38. The van der Waals surface area contributed by atoms with Gasteiger partial charge in [-0.25, -0.2) is 0 Å². The Balaban J connectivity index is 1.94. The third kappa shape index (κ3) is 1.58. The average molecular weight is 166 g/mol. The molecule has 0 aliphatic carbocycles. The second-order valence-electron chi connectivity index (χ2n) is 3.32. The molecule has 1 aliphatic rings. The molecule has 4 N–H and O–H groups in total. The molecule has 2 heterocycles. The van der Waals surface area contributed by atoms with Crippen molar-refractivity contribution in [1.29, 1.82) is 0 Å². The lowest BCUT2D eigenvalue weighted by molar-refractivity contribution is 0.594. The van der Waals surface area contributed by atoms with Gasteiger partial charge in [0, 0.05) is 24.2 Å². The molecular weight excluding hydrogens is 152 g/mol. The molecule has 66 valence electrons. The minimum absolute atomic E-state index is 0.586. The Morgan fingerprint density at radius 3 is 3.17 bits per heavy atom. The van der Waals surface area contributed by atoms with Gasteiger partial charge in [-0.05, 0) is 19.4 Å². The summed E-state index contributed by atoms with van der Waals surface area (Å²) in [5.74, 6) is 0.586. The fourth-order valence-corrected chi connectivity index (χ4v) is 1.68. The molecule has 12 heavy (non-hydrogen) atoms. The van der Waals surface area contributed by atoms with Crippen LogP contribution in [0.15, 0.2) is 6.07 Å². The molecule has 0 radical (unpaired) electrons. The number of nitrogen functional groups attached to an aromatic ring is 1. The summed E-state index contributed by atoms with van der Waals surface area (Å²) in [6.45, 7) is 1.15. The normalized spacial score (nSPS) is 23.2. The van der Waals surface area contributed by atoms with Crippen molar-refractivity contribution in [1.82, 2.24) is 15.5 Å². The highest BCUT2D eigenvalue weighted by Gasteiger charge is 2.14. The lowest BCUT2D eigenvalue weighted by Gasteiger charge is -2.06. The molecule has 0 saturated carbocycles. The highest BCUT2D eigenvalue weighted by atomic mass is 15.2. The Bertz CT molecular complexity index is 249. The molecule has 1 unspecified atom stereocenters. The van der Waals surface area contributed by atoms with Crippen molar-refractivity contribution in [3.8, 4) is 0 Å². The monoisotopic (exact) mass is 166 g/mol. The smallest absolute Gasteiger partial charge is 0.145 e. The van der Waals surface area contributed by atoms with Crippen LogP contribution in [-0.2, 0) is 6.42 Å². The number of aromatic amines is 1. The van der Waals surface area contributed by atoms with Crippen LogP contribution in [0.2, 0.25) is 0 Å². The Morgan fingerprint density at radius 1 is 1.67 bits per heavy atom. The molecule has 4 nitrogen and oxygen atoms in total. The average Bonchev–Trinajstić information content (AvgIpc) is 2.63. The van der Waals surface area contributed by atoms with Gasteiger partial charge in [0.05, 0.1) is 0 Å². The van der Waals surface area contributed by atoms with Crippen molar-refractivity contribution in [2.75, 3.05) is 12.3 Å². The summed E-state index contributed by atoms with van der Waals surface area (Å²) in [7, 11) is 0. The Morgan fingerprint density at radius 2 is 2.58 bits per heavy atom. The van der Waals surface area contributed by atoms with E-state index in [0.29, 0.717) is 11.9 Å².